The third-order valence-electron chi connectivity index (χ3n) is 5.48. The highest BCUT2D eigenvalue weighted by Crippen LogP contribution is 2.29. The van der Waals surface area contributed by atoms with Crippen LogP contribution in [0.25, 0.3) is 0 Å². The van der Waals surface area contributed by atoms with Crippen molar-refractivity contribution in [2.75, 3.05) is 13.2 Å². The van der Waals surface area contributed by atoms with E-state index in [0.29, 0.717) is 5.56 Å². The van der Waals surface area contributed by atoms with E-state index >= 15 is 0 Å². The largest absolute Gasteiger partial charge is 0.459 e. The lowest BCUT2D eigenvalue weighted by Gasteiger charge is -2.24. The molecule has 8 nitrogen and oxygen atoms in total. The number of hydrogen-bond donors (Lipinski definition) is 1. The third kappa shape index (κ3) is 5.92. The van der Waals surface area contributed by atoms with Crippen LogP contribution in [0.4, 0.5) is 0 Å². The number of benzene rings is 3. The molecule has 0 unspecified atom stereocenters. The van der Waals surface area contributed by atoms with Crippen LogP contribution in [0.5, 0.6) is 0 Å². The Labute approximate surface area is 202 Å². The molecule has 0 spiro atoms. The van der Waals surface area contributed by atoms with E-state index in [1.54, 1.807) is 91.0 Å². The third-order valence-corrected chi connectivity index (χ3v) is 5.48. The highest BCUT2D eigenvalue weighted by molar-refractivity contribution is 5.91. The van der Waals surface area contributed by atoms with E-state index in [1.165, 1.54) is 0 Å². The SMILES string of the molecule is O=C(OC[C@H]1O[C@@H](CO)[C@@H](OC(=O)c2ccccc2)[C@@H]1OC(=O)c1ccccc1)c1ccccc1. The van der Waals surface area contributed by atoms with Crippen LogP contribution in [0, 0.1) is 0 Å². The van der Waals surface area contributed by atoms with Crippen LogP contribution >= 0.6 is 0 Å². The quantitative estimate of drug-likeness (QED) is 0.390. The van der Waals surface area contributed by atoms with Gasteiger partial charge in [0.25, 0.3) is 0 Å². The van der Waals surface area contributed by atoms with Crippen molar-refractivity contribution in [3.8, 4) is 0 Å². The topological polar surface area (TPSA) is 108 Å². The van der Waals surface area contributed by atoms with Gasteiger partial charge in [-0.1, -0.05) is 54.6 Å². The zero-order valence-electron chi connectivity index (χ0n) is 18.7. The van der Waals surface area contributed by atoms with Crippen molar-refractivity contribution < 1.29 is 38.4 Å². The standard InChI is InChI=1S/C27H24O8/c28-16-21-23(34-26(30)19-12-6-2-7-13-19)24(35-27(31)20-14-8-3-9-15-20)22(33-21)17-32-25(29)18-10-4-1-5-11-18/h1-15,21-24,28H,16-17H2/t21-,22+,23+,24+/m0/s1. The molecule has 4 atom stereocenters. The van der Waals surface area contributed by atoms with Crippen molar-refractivity contribution in [2.24, 2.45) is 0 Å². The molecule has 1 aliphatic rings. The van der Waals surface area contributed by atoms with E-state index in [1.807, 2.05) is 0 Å². The van der Waals surface area contributed by atoms with Crippen LogP contribution in [-0.2, 0) is 18.9 Å². The molecule has 0 radical (unpaired) electrons. The zero-order valence-corrected chi connectivity index (χ0v) is 18.7. The molecule has 3 aromatic rings. The Morgan fingerprint density at radius 1 is 0.629 bits per heavy atom. The molecule has 0 aliphatic carbocycles. The fourth-order valence-electron chi connectivity index (χ4n) is 3.72. The number of aliphatic hydroxyl groups excluding tert-OH is 1. The van der Waals surface area contributed by atoms with E-state index in [2.05, 4.69) is 0 Å². The first kappa shape index (κ1) is 24.1. The smallest absolute Gasteiger partial charge is 0.338 e. The van der Waals surface area contributed by atoms with E-state index in [4.69, 9.17) is 18.9 Å². The van der Waals surface area contributed by atoms with Crippen molar-refractivity contribution in [3.63, 3.8) is 0 Å². The minimum Gasteiger partial charge on any atom is -0.459 e. The van der Waals surface area contributed by atoms with Gasteiger partial charge in [0.15, 0.2) is 12.2 Å². The predicted octanol–water partition coefficient (Wildman–Crippen LogP) is 3.05. The summed E-state index contributed by atoms with van der Waals surface area (Å²) < 4.78 is 22.5. The van der Waals surface area contributed by atoms with Gasteiger partial charge in [-0.15, -0.1) is 0 Å². The lowest BCUT2D eigenvalue weighted by Crippen LogP contribution is -2.42. The van der Waals surface area contributed by atoms with Gasteiger partial charge in [-0.3, -0.25) is 0 Å². The molecule has 4 rings (SSSR count). The molecule has 1 fully saturated rings. The van der Waals surface area contributed by atoms with E-state index in [0.717, 1.165) is 0 Å². The number of carbonyl (C=O) groups is 3. The molecule has 35 heavy (non-hydrogen) atoms. The Balaban J connectivity index is 1.54. The van der Waals surface area contributed by atoms with Crippen LogP contribution < -0.4 is 0 Å². The number of rotatable bonds is 8. The molecule has 3 aromatic carbocycles. The minimum atomic E-state index is -1.13. The average Bonchev–Trinajstić information content (AvgIpc) is 3.24. The van der Waals surface area contributed by atoms with Crippen LogP contribution in [0.3, 0.4) is 0 Å². The lowest BCUT2D eigenvalue weighted by molar-refractivity contribution is -0.0507. The summed E-state index contributed by atoms with van der Waals surface area (Å²) in [4.78, 5) is 38.0. The van der Waals surface area contributed by atoms with Crippen molar-refractivity contribution in [3.05, 3.63) is 108 Å². The molecule has 0 aromatic heterocycles. The Morgan fingerprint density at radius 3 is 1.46 bits per heavy atom. The summed E-state index contributed by atoms with van der Waals surface area (Å²) in [5, 5.41) is 9.90. The normalized spacial score (nSPS) is 21.2. The van der Waals surface area contributed by atoms with Crippen molar-refractivity contribution in [2.45, 2.75) is 24.4 Å². The lowest BCUT2D eigenvalue weighted by atomic mass is 10.1. The van der Waals surface area contributed by atoms with Gasteiger partial charge in [0.1, 0.15) is 18.8 Å². The van der Waals surface area contributed by atoms with Gasteiger partial charge in [-0.2, -0.15) is 0 Å². The molecule has 0 bridgehead atoms. The van der Waals surface area contributed by atoms with Gasteiger partial charge in [-0.25, -0.2) is 14.4 Å². The van der Waals surface area contributed by atoms with Crippen molar-refractivity contribution in [1.29, 1.82) is 0 Å². The zero-order chi connectivity index (χ0) is 24.6. The Hall–Kier alpha value is -4.01. The van der Waals surface area contributed by atoms with Gasteiger partial charge >= 0.3 is 17.9 Å². The van der Waals surface area contributed by atoms with Crippen LogP contribution in [0.1, 0.15) is 31.1 Å². The number of ether oxygens (including phenoxy) is 4. The summed E-state index contributed by atoms with van der Waals surface area (Å²) in [5.74, 6) is -1.93. The monoisotopic (exact) mass is 476 g/mol. The van der Waals surface area contributed by atoms with Crippen molar-refractivity contribution >= 4 is 17.9 Å². The number of hydrogen-bond acceptors (Lipinski definition) is 8. The number of esters is 3. The second-order valence-electron chi connectivity index (χ2n) is 7.83. The summed E-state index contributed by atoms with van der Waals surface area (Å²) in [6, 6.07) is 25.0. The van der Waals surface area contributed by atoms with Crippen LogP contribution in [0.15, 0.2) is 91.0 Å². The molecular formula is C27H24O8. The highest BCUT2D eigenvalue weighted by Gasteiger charge is 2.50. The minimum absolute atomic E-state index is 0.281. The maximum Gasteiger partial charge on any atom is 0.338 e. The molecule has 1 N–H and O–H groups in total. The molecule has 1 aliphatic heterocycles. The first-order valence-electron chi connectivity index (χ1n) is 11.1. The Bertz CT molecular complexity index is 1130. The maximum atomic E-state index is 12.8. The predicted molar refractivity (Wildman–Crippen MR) is 124 cm³/mol. The summed E-state index contributed by atoms with van der Waals surface area (Å²) in [6.07, 6.45) is -4.21. The molecule has 180 valence electrons. The molecule has 0 amide bonds. The highest BCUT2D eigenvalue weighted by atomic mass is 16.7. The summed E-state index contributed by atoms with van der Waals surface area (Å²) in [5.41, 5.74) is 0.915. The van der Waals surface area contributed by atoms with Gasteiger partial charge < -0.3 is 24.1 Å². The second kappa shape index (κ2) is 11.4. The maximum absolute atomic E-state index is 12.8. The van der Waals surface area contributed by atoms with Crippen LogP contribution in [0.2, 0.25) is 0 Å². The molecule has 1 heterocycles. The van der Waals surface area contributed by atoms with Crippen LogP contribution in [-0.4, -0.2) is 60.6 Å². The summed E-state index contributed by atoms with van der Waals surface area (Å²) >= 11 is 0. The van der Waals surface area contributed by atoms with Crippen molar-refractivity contribution in [1.82, 2.24) is 0 Å². The summed E-state index contributed by atoms with van der Waals surface area (Å²) in [7, 11) is 0. The second-order valence-corrected chi connectivity index (χ2v) is 7.83. The fraction of sp³-hybridized carbons (Fsp3) is 0.222. The number of aliphatic hydroxyl groups is 1. The fourth-order valence-corrected chi connectivity index (χ4v) is 3.72. The Morgan fingerprint density at radius 2 is 1.03 bits per heavy atom. The van der Waals surface area contributed by atoms with Gasteiger partial charge in [0.2, 0.25) is 0 Å². The molecule has 0 saturated carbocycles. The number of carbonyl (C=O) groups excluding carboxylic acids is 3. The van der Waals surface area contributed by atoms with Gasteiger partial charge in [0.05, 0.1) is 23.3 Å². The van der Waals surface area contributed by atoms with Gasteiger partial charge in [-0.05, 0) is 36.4 Å². The first-order chi connectivity index (χ1) is 17.1. The molecule has 8 heteroatoms. The first-order valence-corrected chi connectivity index (χ1v) is 11.1. The average molecular weight is 476 g/mol. The van der Waals surface area contributed by atoms with E-state index in [9.17, 15) is 19.5 Å². The molecular weight excluding hydrogens is 452 g/mol. The van der Waals surface area contributed by atoms with E-state index < -0.39 is 48.9 Å². The van der Waals surface area contributed by atoms with Gasteiger partial charge in [0, 0.05) is 0 Å². The molecule has 1 saturated heterocycles. The summed E-state index contributed by atoms with van der Waals surface area (Å²) in [6.45, 7) is -0.786. The van der Waals surface area contributed by atoms with E-state index in [-0.39, 0.29) is 17.7 Å². The Kier molecular flexibility index (Phi) is 7.87.